The predicted molar refractivity (Wildman–Crippen MR) is 96.4 cm³/mol. The Kier molecular flexibility index (Phi) is 6.15. The Morgan fingerprint density at radius 3 is 2.37 bits per heavy atom. The molecule has 3 heteroatoms. The van der Waals surface area contributed by atoms with Gasteiger partial charge in [-0.05, 0) is 76.9 Å². The summed E-state index contributed by atoms with van der Waals surface area (Å²) in [5.74, 6) is 0.653. The van der Waals surface area contributed by atoms with E-state index in [1.807, 2.05) is 0 Å². The second kappa shape index (κ2) is 6.61. The van der Waals surface area contributed by atoms with E-state index < -0.39 is 8.32 Å². The lowest BCUT2D eigenvalue weighted by molar-refractivity contribution is 0.104. The summed E-state index contributed by atoms with van der Waals surface area (Å²) in [6.07, 6.45) is 5.50. The van der Waals surface area contributed by atoms with Gasteiger partial charge >= 0.3 is 0 Å². The SMILES string of the molecule is CC[C@H]1/C(=C(/C)I)CCC[C@@H]1O[Si](C)(C)C(C)(C)C. The summed E-state index contributed by atoms with van der Waals surface area (Å²) in [5, 5.41) is 0.311. The van der Waals surface area contributed by atoms with Crippen molar-refractivity contribution in [3.05, 3.63) is 9.15 Å². The lowest BCUT2D eigenvalue weighted by atomic mass is 9.80. The summed E-state index contributed by atoms with van der Waals surface area (Å²) in [7, 11) is -1.64. The van der Waals surface area contributed by atoms with Crippen LogP contribution in [0.3, 0.4) is 0 Å². The van der Waals surface area contributed by atoms with Crippen molar-refractivity contribution in [2.45, 2.75) is 84.5 Å². The largest absolute Gasteiger partial charge is 0.413 e. The van der Waals surface area contributed by atoms with Crippen molar-refractivity contribution in [3.63, 3.8) is 0 Å². The van der Waals surface area contributed by atoms with Gasteiger partial charge in [0.2, 0.25) is 0 Å². The molecule has 1 nitrogen and oxygen atoms in total. The minimum absolute atomic E-state index is 0.311. The van der Waals surface area contributed by atoms with E-state index in [-0.39, 0.29) is 0 Å². The van der Waals surface area contributed by atoms with Crippen molar-refractivity contribution in [1.82, 2.24) is 0 Å². The van der Waals surface area contributed by atoms with Gasteiger partial charge < -0.3 is 4.43 Å². The second-order valence-electron chi connectivity index (χ2n) is 7.38. The van der Waals surface area contributed by atoms with E-state index in [1.165, 1.54) is 29.3 Å². The van der Waals surface area contributed by atoms with E-state index in [4.69, 9.17) is 4.43 Å². The molecule has 1 saturated carbocycles. The molecule has 2 atom stereocenters. The molecule has 0 heterocycles. The molecule has 0 radical (unpaired) electrons. The fourth-order valence-corrected chi connectivity index (χ4v) is 4.80. The zero-order valence-electron chi connectivity index (χ0n) is 13.8. The smallest absolute Gasteiger partial charge is 0.192 e. The van der Waals surface area contributed by atoms with Crippen LogP contribution in [0.1, 0.15) is 60.3 Å². The fourth-order valence-electron chi connectivity index (χ4n) is 2.74. The van der Waals surface area contributed by atoms with Crippen molar-refractivity contribution in [2.24, 2.45) is 5.92 Å². The van der Waals surface area contributed by atoms with Gasteiger partial charge in [-0.2, -0.15) is 0 Å². The van der Waals surface area contributed by atoms with Gasteiger partial charge in [-0.25, -0.2) is 0 Å². The molecule has 0 amide bonds. The Hall–Kier alpha value is 0.647. The number of allylic oxidation sites excluding steroid dienone is 1. The summed E-state index contributed by atoms with van der Waals surface area (Å²) >= 11 is 2.50. The van der Waals surface area contributed by atoms with Crippen LogP contribution in [-0.4, -0.2) is 14.4 Å². The lowest BCUT2D eigenvalue weighted by Crippen LogP contribution is -2.46. The number of halogens is 1. The first-order valence-electron chi connectivity index (χ1n) is 7.63. The van der Waals surface area contributed by atoms with Crippen molar-refractivity contribution in [3.8, 4) is 0 Å². The molecule has 19 heavy (non-hydrogen) atoms. The molecule has 0 aromatic carbocycles. The van der Waals surface area contributed by atoms with Crippen LogP contribution in [0.15, 0.2) is 9.15 Å². The minimum atomic E-state index is -1.64. The summed E-state index contributed by atoms with van der Waals surface area (Å²) in [4.78, 5) is 0. The maximum absolute atomic E-state index is 6.73. The summed E-state index contributed by atoms with van der Waals surface area (Å²) in [5.41, 5.74) is 1.66. The molecule has 1 rings (SSSR count). The Labute approximate surface area is 134 Å². The average Bonchev–Trinajstić information content (AvgIpc) is 2.26. The predicted octanol–water partition coefficient (Wildman–Crippen LogP) is 6.30. The molecule has 0 aromatic heterocycles. The van der Waals surface area contributed by atoms with E-state index in [0.717, 1.165) is 0 Å². The van der Waals surface area contributed by atoms with E-state index in [1.54, 1.807) is 5.57 Å². The highest BCUT2D eigenvalue weighted by Crippen LogP contribution is 2.43. The molecule has 1 aliphatic rings. The van der Waals surface area contributed by atoms with Gasteiger partial charge in [0.25, 0.3) is 0 Å². The van der Waals surface area contributed by atoms with Crippen LogP contribution in [0.25, 0.3) is 0 Å². The maximum atomic E-state index is 6.73. The first-order chi connectivity index (χ1) is 8.60. The van der Waals surface area contributed by atoms with E-state index in [0.29, 0.717) is 17.1 Å². The molecule has 0 saturated heterocycles. The van der Waals surface area contributed by atoms with Crippen LogP contribution in [0, 0.1) is 5.92 Å². The minimum Gasteiger partial charge on any atom is -0.413 e. The number of rotatable bonds is 3. The third-order valence-electron chi connectivity index (χ3n) is 4.97. The Balaban J connectivity index is 2.91. The van der Waals surface area contributed by atoms with Crippen LogP contribution >= 0.6 is 22.6 Å². The van der Waals surface area contributed by atoms with Crippen LogP contribution in [0.4, 0.5) is 0 Å². The Morgan fingerprint density at radius 1 is 1.37 bits per heavy atom. The molecule has 0 aromatic rings. The Bertz CT molecular complexity index is 337. The third-order valence-corrected chi connectivity index (χ3v) is 10.2. The van der Waals surface area contributed by atoms with Gasteiger partial charge in [0.15, 0.2) is 8.32 Å². The average molecular weight is 394 g/mol. The van der Waals surface area contributed by atoms with Gasteiger partial charge in [-0.3, -0.25) is 0 Å². The van der Waals surface area contributed by atoms with Crippen LogP contribution in [-0.2, 0) is 4.43 Å². The molecule has 112 valence electrons. The zero-order valence-corrected chi connectivity index (χ0v) is 16.9. The van der Waals surface area contributed by atoms with Crippen LogP contribution in [0.5, 0.6) is 0 Å². The molecule has 1 aliphatic carbocycles. The Morgan fingerprint density at radius 2 is 1.95 bits per heavy atom. The normalized spacial score (nSPS) is 28.4. The van der Waals surface area contributed by atoms with E-state index in [9.17, 15) is 0 Å². The fraction of sp³-hybridized carbons (Fsp3) is 0.875. The van der Waals surface area contributed by atoms with E-state index in [2.05, 4.69) is 70.3 Å². The maximum Gasteiger partial charge on any atom is 0.192 e. The highest BCUT2D eigenvalue weighted by molar-refractivity contribution is 14.1. The van der Waals surface area contributed by atoms with E-state index >= 15 is 0 Å². The van der Waals surface area contributed by atoms with Crippen molar-refractivity contribution in [2.75, 3.05) is 0 Å². The number of hydrogen-bond acceptors (Lipinski definition) is 1. The zero-order chi connectivity index (χ0) is 14.8. The molecule has 0 aliphatic heterocycles. The van der Waals surface area contributed by atoms with Crippen LogP contribution in [0.2, 0.25) is 18.1 Å². The molecular weight excluding hydrogens is 363 g/mol. The van der Waals surface area contributed by atoms with Gasteiger partial charge in [0.1, 0.15) is 0 Å². The van der Waals surface area contributed by atoms with Gasteiger partial charge in [-0.1, -0.05) is 33.3 Å². The first-order valence-corrected chi connectivity index (χ1v) is 11.6. The van der Waals surface area contributed by atoms with Gasteiger partial charge in [0.05, 0.1) is 6.10 Å². The standard InChI is InChI=1S/C16H31IOSi/c1-8-13-14(12(2)17)10-9-11-15(13)18-19(6,7)16(3,4)5/h13,15H,8-11H2,1-7H3/b14-12-/t13-,15-/m0/s1. The molecule has 0 bridgehead atoms. The van der Waals surface area contributed by atoms with Gasteiger partial charge in [0, 0.05) is 5.92 Å². The molecule has 0 spiro atoms. The topological polar surface area (TPSA) is 9.23 Å². The number of hydrogen-bond donors (Lipinski definition) is 0. The third kappa shape index (κ3) is 4.30. The van der Waals surface area contributed by atoms with Crippen molar-refractivity contribution >= 4 is 30.9 Å². The summed E-state index contributed by atoms with van der Waals surface area (Å²) in [6, 6.07) is 0. The molecule has 1 fully saturated rings. The molecular formula is C16H31IOSi. The van der Waals surface area contributed by atoms with Crippen molar-refractivity contribution in [1.29, 1.82) is 0 Å². The highest BCUT2D eigenvalue weighted by atomic mass is 127. The molecule has 0 unspecified atom stereocenters. The quantitative estimate of drug-likeness (QED) is 0.403. The highest BCUT2D eigenvalue weighted by Gasteiger charge is 2.41. The van der Waals surface area contributed by atoms with Crippen LogP contribution < -0.4 is 0 Å². The summed E-state index contributed by atoms with van der Waals surface area (Å²) in [6.45, 7) is 16.4. The van der Waals surface area contributed by atoms with Crippen molar-refractivity contribution < 1.29 is 4.43 Å². The van der Waals surface area contributed by atoms with Gasteiger partial charge in [-0.15, -0.1) is 0 Å². The first kappa shape index (κ1) is 17.7. The summed E-state index contributed by atoms with van der Waals surface area (Å²) < 4.78 is 8.22. The monoisotopic (exact) mass is 394 g/mol. The second-order valence-corrected chi connectivity index (χ2v) is 13.8. The lowest BCUT2D eigenvalue weighted by Gasteiger charge is -2.44. The molecule has 0 N–H and O–H groups in total.